The number of hydrogen-bond acceptors (Lipinski definition) is 3. The van der Waals surface area contributed by atoms with Crippen LogP contribution in [0.2, 0.25) is 0 Å². The second-order valence-electron chi connectivity index (χ2n) is 3.72. The molecule has 0 amide bonds. The molecule has 13 heavy (non-hydrogen) atoms. The van der Waals surface area contributed by atoms with Gasteiger partial charge in [-0.15, -0.1) is 0 Å². The van der Waals surface area contributed by atoms with Crippen LogP contribution in [0.25, 0.3) is 0 Å². The first-order valence-corrected chi connectivity index (χ1v) is 4.88. The van der Waals surface area contributed by atoms with E-state index in [2.05, 4.69) is 4.90 Å². The van der Waals surface area contributed by atoms with Crippen LogP contribution in [0.15, 0.2) is 0 Å². The van der Waals surface area contributed by atoms with Crippen LogP contribution in [0.4, 0.5) is 0 Å². The highest BCUT2D eigenvalue weighted by molar-refractivity contribution is 5.67. The van der Waals surface area contributed by atoms with Crippen molar-refractivity contribution < 1.29 is 9.90 Å². The summed E-state index contributed by atoms with van der Waals surface area (Å²) in [6.45, 7) is 2.88. The van der Waals surface area contributed by atoms with Crippen molar-refractivity contribution in [1.29, 1.82) is 0 Å². The van der Waals surface area contributed by atoms with Crippen LogP contribution in [-0.4, -0.2) is 41.7 Å². The molecule has 0 saturated carbocycles. The largest absolute Gasteiger partial charge is 0.481 e. The predicted molar refractivity (Wildman–Crippen MR) is 50.5 cm³/mol. The number of carboxylic acid groups (broad SMARTS) is 1. The van der Waals surface area contributed by atoms with Crippen molar-refractivity contribution in [2.24, 2.45) is 5.73 Å². The maximum absolute atomic E-state index is 10.4. The first-order valence-electron chi connectivity index (χ1n) is 4.88. The summed E-state index contributed by atoms with van der Waals surface area (Å²) < 4.78 is 0. The minimum Gasteiger partial charge on any atom is -0.481 e. The molecule has 0 bridgehead atoms. The molecule has 4 nitrogen and oxygen atoms in total. The van der Waals surface area contributed by atoms with Crippen molar-refractivity contribution in [3.8, 4) is 0 Å². The zero-order chi connectivity index (χ0) is 9.68. The van der Waals surface area contributed by atoms with E-state index in [9.17, 15) is 4.79 Å². The lowest BCUT2D eigenvalue weighted by Crippen LogP contribution is -2.41. The van der Waals surface area contributed by atoms with Crippen molar-refractivity contribution >= 4 is 5.97 Å². The van der Waals surface area contributed by atoms with Gasteiger partial charge in [-0.2, -0.15) is 0 Å². The summed E-state index contributed by atoms with van der Waals surface area (Å²) in [6.07, 6.45) is 3.82. The van der Waals surface area contributed by atoms with E-state index in [0.717, 1.165) is 19.6 Å². The zero-order valence-corrected chi connectivity index (χ0v) is 7.91. The van der Waals surface area contributed by atoms with Crippen molar-refractivity contribution in [3.63, 3.8) is 0 Å². The van der Waals surface area contributed by atoms with Gasteiger partial charge in [0.2, 0.25) is 0 Å². The smallest absolute Gasteiger partial charge is 0.304 e. The molecular formula is C9H18N2O2. The summed E-state index contributed by atoms with van der Waals surface area (Å²) in [6, 6.07) is -0.212. The number of piperidine rings is 1. The molecular weight excluding hydrogens is 168 g/mol. The Hall–Kier alpha value is -0.610. The van der Waals surface area contributed by atoms with Crippen LogP contribution < -0.4 is 5.73 Å². The second kappa shape index (κ2) is 5.19. The Morgan fingerprint density at radius 1 is 1.38 bits per heavy atom. The van der Waals surface area contributed by atoms with E-state index in [1.165, 1.54) is 19.3 Å². The highest BCUT2D eigenvalue weighted by Gasteiger charge is 2.15. The van der Waals surface area contributed by atoms with E-state index >= 15 is 0 Å². The maximum atomic E-state index is 10.4. The Balaban J connectivity index is 2.18. The number of aliphatic carboxylic acids is 1. The number of carbonyl (C=O) groups is 1. The van der Waals surface area contributed by atoms with Crippen LogP contribution in [0.3, 0.4) is 0 Å². The first kappa shape index (κ1) is 10.5. The predicted octanol–water partition coefficient (Wildman–Crippen LogP) is 0.274. The van der Waals surface area contributed by atoms with E-state index in [4.69, 9.17) is 10.8 Å². The number of carboxylic acids is 1. The standard InChI is InChI=1S/C9H18N2O2/c10-8(6-9(12)13)7-11-4-2-1-3-5-11/h8H,1-7,10H2,(H,12,13). The molecule has 3 N–H and O–H groups in total. The van der Waals surface area contributed by atoms with Gasteiger partial charge < -0.3 is 15.7 Å². The summed E-state index contributed by atoms with van der Waals surface area (Å²) in [7, 11) is 0. The van der Waals surface area contributed by atoms with Gasteiger partial charge in [0.15, 0.2) is 0 Å². The highest BCUT2D eigenvalue weighted by Crippen LogP contribution is 2.08. The van der Waals surface area contributed by atoms with Gasteiger partial charge in [-0.05, 0) is 25.9 Å². The molecule has 0 aromatic rings. The third-order valence-corrected chi connectivity index (χ3v) is 2.38. The third kappa shape index (κ3) is 4.24. The van der Waals surface area contributed by atoms with Crippen molar-refractivity contribution in [3.05, 3.63) is 0 Å². The fourth-order valence-corrected chi connectivity index (χ4v) is 1.76. The average Bonchev–Trinajstić information content (AvgIpc) is 2.04. The van der Waals surface area contributed by atoms with Gasteiger partial charge in [0.25, 0.3) is 0 Å². The van der Waals surface area contributed by atoms with Gasteiger partial charge in [0, 0.05) is 12.6 Å². The Labute approximate surface area is 78.7 Å². The van der Waals surface area contributed by atoms with Gasteiger partial charge in [-0.25, -0.2) is 0 Å². The molecule has 1 heterocycles. The first-order chi connectivity index (χ1) is 6.18. The molecule has 4 heteroatoms. The quantitative estimate of drug-likeness (QED) is 0.661. The van der Waals surface area contributed by atoms with Gasteiger partial charge in [0.1, 0.15) is 0 Å². The minimum absolute atomic E-state index is 0.0799. The Kier molecular flexibility index (Phi) is 4.18. The topological polar surface area (TPSA) is 66.6 Å². The molecule has 76 valence electrons. The van der Waals surface area contributed by atoms with Crippen LogP contribution in [0.5, 0.6) is 0 Å². The fraction of sp³-hybridized carbons (Fsp3) is 0.889. The molecule has 1 aliphatic heterocycles. The molecule has 0 aromatic carbocycles. The van der Waals surface area contributed by atoms with E-state index in [-0.39, 0.29) is 12.5 Å². The molecule has 1 rings (SSSR count). The molecule has 0 aliphatic carbocycles. The number of rotatable bonds is 4. The molecule has 1 fully saturated rings. The lowest BCUT2D eigenvalue weighted by molar-refractivity contribution is -0.137. The third-order valence-electron chi connectivity index (χ3n) is 2.38. The lowest BCUT2D eigenvalue weighted by Gasteiger charge is -2.28. The van der Waals surface area contributed by atoms with Gasteiger partial charge in [0.05, 0.1) is 6.42 Å². The Morgan fingerprint density at radius 3 is 2.54 bits per heavy atom. The van der Waals surface area contributed by atoms with E-state index in [0.29, 0.717) is 0 Å². The van der Waals surface area contributed by atoms with Gasteiger partial charge >= 0.3 is 5.97 Å². The lowest BCUT2D eigenvalue weighted by atomic mass is 10.1. The molecule has 0 spiro atoms. The van der Waals surface area contributed by atoms with Gasteiger partial charge in [-0.3, -0.25) is 4.79 Å². The van der Waals surface area contributed by atoms with E-state index < -0.39 is 5.97 Å². The second-order valence-corrected chi connectivity index (χ2v) is 3.72. The Morgan fingerprint density at radius 2 is 2.00 bits per heavy atom. The van der Waals surface area contributed by atoms with Crippen molar-refractivity contribution in [2.75, 3.05) is 19.6 Å². The van der Waals surface area contributed by atoms with Crippen LogP contribution >= 0.6 is 0 Å². The van der Waals surface area contributed by atoms with Crippen molar-refractivity contribution in [2.45, 2.75) is 31.7 Å². The summed E-state index contributed by atoms with van der Waals surface area (Å²) in [4.78, 5) is 12.6. The van der Waals surface area contributed by atoms with Crippen LogP contribution in [-0.2, 0) is 4.79 Å². The summed E-state index contributed by atoms with van der Waals surface area (Å²) in [5.74, 6) is -0.801. The summed E-state index contributed by atoms with van der Waals surface area (Å²) in [5.41, 5.74) is 5.68. The van der Waals surface area contributed by atoms with E-state index in [1.807, 2.05) is 0 Å². The molecule has 1 saturated heterocycles. The molecule has 0 radical (unpaired) electrons. The number of nitrogens with zero attached hydrogens (tertiary/aromatic N) is 1. The van der Waals surface area contributed by atoms with Crippen LogP contribution in [0.1, 0.15) is 25.7 Å². The number of likely N-dealkylation sites (tertiary alicyclic amines) is 1. The van der Waals surface area contributed by atoms with Crippen molar-refractivity contribution in [1.82, 2.24) is 4.90 Å². The summed E-state index contributed by atoms with van der Waals surface area (Å²) in [5, 5.41) is 8.51. The highest BCUT2D eigenvalue weighted by atomic mass is 16.4. The molecule has 1 aliphatic rings. The monoisotopic (exact) mass is 186 g/mol. The number of nitrogens with two attached hydrogens (primary N) is 1. The molecule has 1 atom stereocenters. The average molecular weight is 186 g/mol. The summed E-state index contributed by atoms with van der Waals surface area (Å²) >= 11 is 0. The SMILES string of the molecule is NC(CC(=O)O)CN1CCCCC1. The minimum atomic E-state index is -0.801. The Bertz CT molecular complexity index is 167. The maximum Gasteiger partial charge on any atom is 0.304 e. The normalized spacial score (nSPS) is 21.3. The van der Waals surface area contributed by atoms with Gasteiger partial charge in [-0.1, -0.05) is 6.42 Å². The molecule has 0 aromatic heterocycles. The van der Waals surface area contributed by atoms with Crippen LogP contribution in [0, 0.1) is 0 Å². The van der Waals surface area contributed by atoms with E-state index in [1.54, 1.807) is 0 Å². The number of hydrogen-bond donors (Lipinski definition) is 2. The zero-order valence-electron chi connectivity index (χ0n) is 7.91. The molecule has 1 unspecified atom stereocenters. The fourth-order valence-electron chi connectivity index (χ4n) is 1.76.